The molecule has 2 aliphatic rings. The average Bonchev–Trinajstić information content (AvgIpc) is 2.83. The zero-order chi connectivity index (χ0) is 17.8. The molecule has 1 atom stereocenters. The number of phenolic OH excluding ortho intramolecular Hbond substituents is 1. The number of carbonyl (C=O) groups excluding carboxylic acids is 2. The van der Waals surface area contributed by atoms with Crippen molar-refractivity contribution in [3.05, 3.63) is 41.1 Å². The molecule has 0 aromatic heterocycles. The Labute approximate surface area is 147 Å². The molecule has 0 spiro atoms. The fourth-order valence-electron chi connectivity index (χ4n) is 3.46. The lowest BCUT2D eigenvalue weighted by molar-refractivity contribution is -0.145. The highest BCUT2D eigenvalue weighted by Gasteiger charge is 2.33. The van der Waals surface area contributed by atoms with Gasteiger partial charge in [-0.3, -0.25) is 0 Å². The largest absolute Gasteiger partial charge is 0.508 e. The Hall–Kier alpha value is -2.50. The molecule has 3 N–H and O–H groups in total. The minimum Gasteiger partial charge on any atom is -0.508 e. The van der Waals surface area contributed by atoms with Crippen LogP contribution in [0.4, 0.5) is 4.79 Å². The van der Waals surface area contributed by atoms with E-state index >= 15 is 0 Å². The second kappa shape index (κ2) is 7.59. The minimum absolute atomic E-state index is 0.0617. The zero-order valence-corrected chi connectivity index (χ0v) is 14.4. The molecule has 134 valence electrons. The summed E-state index contributed by atoms with van der Waals surface area (Å²) in [6.45, 7) is 1.70. The van der Waals surface area contributed by atoms with E-state index < -0.39 is 12.0 Å². The summed E-state index contributed by atoms with van der Waals surface area (Å²) >= 11 is 0. The first-order valence-corrected chi connectivity index (χ1v) is 8.83. The molecule has 1 aliphatic carbocycles. The molecule has 1 aromatic carbocycles. The van der Waals surface area contributed by atoms with Crippen molar-refractivity contribution in [1.82, 2.24) is 10.6 Å². The Kier molecular flexibility index (Phi) is 5.26. The third kappa shape index (κ3) is 4.13. The Morgan fingerprint density at radius 1 is 1.12 bits per heavy atom. The van der Waals surface area contributed by atoms with Gasteiger partial charge in [-0.15, -0.1) is 0 Å². The summed E-state index contributed by atoms with van der Waals surface area (Å²) in [5.41, 5.74) is 1.63. The lowest BCUT2D eigenvalue weighted by atomic mass is 9.95. The van der Waals surface area contributed by atoms with Crippen molar-refractivity contribution < 1.29 is 19.4 Å². The molecule has 6 nitrogen and oxygen atoms in total. The van der Waals surface area contributed by atoms with Gasteiger partial charge in [0.1, 0.15) is 11.9 Å². The summed E-state index contributed by atoms with van der Waals surface area (Å²) < 4.78 is 5.75. The Morgan fingerprint density at radius 2 is 1.76 bits per heavy atom. The molecule has 25 heavy (non-hydrogen) atoms. The van der Waals surface area contributed by atoms with Crippen LogP contribution in [0.3, 0.4) is 0 Å². The van der Waals surface area contributed by atoms with Gasteiger partial charge in [0.15, 0.2) is 0 Å². The van der Waals surface area contributed by atoms with Gasteiger partial charge in [0.05, 0.1) is 11.6 Å². The van der Waals surface area contributed by atoms with E-state index in [1.54, 1.807) is 19.1 Å². The number of ether oxygens (including phenoxy) is 1. The fraction of sp³-hybridized carbons (Fsp3) is 0.474. The Balaban J connectivity index is 1.83. The molecule has 0 radical (unpaired) electrons. The van der Waals surface area contributed by atoms with Crippen molar-refractivity contribution in [3.63, 3.8) is 0 Å². The summed E-state index contributed by atoms with van der Waals surface area (Å²) in [5, 5.41) is 14.9. The van der Waals surface area contributed by atoms with Gasteiger partial charge < -0.3 is 20.5 Å². The summed E-state index contributed by atoms with van der Waals surface area (Å²) in [6.07, 6.45) is 6.24. The molecule has 1 fully saturated rings. The summed E-state index contributed by atoms with van der Waals surface area (Å²) in [7, 11) is 0. The lowest BCUT2D eigenvalue weighted by Crippen LogP contribution is -2.45. The number of rotatable bonds is 3. The smallest absolute Gasteiger partial charge is 0.338 e. The van der Waals surface area contributed by atoms with Crippen LogP contribution in [-0.4, -0.2) is 23.2 Å². The van der Waals surface area contributed by atoms with Crippen molar-refractivity contribution >= 4 is 12.0 Å². The highest BCUT2D eigenvalue weighted by atomic mass is 16.5. The highest BCUT2D eigenvalue weighted by Crippen LogP contribution is 2.30. The van der Waals surface area contributed by atoms with Gasteiger partial charge in [-0.25, -0.2) is 9.59 Å². The molecule has 0 unspecified atom stereocenters. The first kappa shape index (κ1) is 17.3. The highest BCUT2D eigenvalue weighted by molar-refractivity contribution is 5.95. The van der Waals surface area contributed by atoms with E-state index in [9.17, 15) is 14.7 Å². The van der Waals surface area contributed by atoms with Gasteiger partial charge in [0.25, 0.3) is 0 Å². The van der Waals surface area contributed by atoms with Crippen LogP contribution >= 0.6 is 0 Å². The molecular formula is C19H24N2O4. The van der Waals surface area contributed by atoms with Crippen LogP contribution in [0.1, 0.15) is 57.1 Å². The van der Waals surface area contributed by atoms with Crippen LogP contribution in [0.2, 0.25) is 0 Å². The van der Waals surface area contributed by atoms with Gasteiger partial charge in [-0.05, 0) is 50.3 Å². The second-order valence-corrected chi connectivity index (χ2v) is 6.68. The van der Waals surface area contributed by atoms with Gasteiger partial charge in [0.2, 0.25) is 0 Å². The van der Waals surface area contributed by atoms with E-state index in [0.29, 0.717) is 11.3 Å². The van der Waals surface area contributed by atoms with Gasteiger partial charge in [-0.2, -0.15) is 0 Å². The number of phenols is 1. The molecule has 0 bridgehead atoms. The van der Waals surface area contributed by atoms with Crippen molar-refractivity contribution in [1.29, 1.82) is 0 Å². The number of esters is 1. The van der Waals surface area contributed by atoms with Gasteiger partial charge in [0, 0.05) is 5.70 Å². The van der Waals surface area contributed by atoms with E-state index in [1.807, 2.05) is 0 Å². The van der Waals surface area contributed by atoms with Crippen molar-refractivity contribution in [3.8, 4) is 5.75 Å². The topological polar surface area (TPSA) is 87.7 Å². The maximum absolute atomic E-state index is 12.8. The SMILES string of the molecule is CC1=C(C(=O)OC2CCCCCC2)[C@H](c2ccc(O)cc2)NC(=O)N1. The van der Waals surface area contributed by atoms with Crippen LogP contribution in [0.15, 0.2) is 35.5 Å². The molecule has 1 aromatic rings. The van der Waals surface area contributed by atoms with E-state index in [2.05, 4.69) is 10.6 Å². The van der Waals surface area contributed by atoms with Crippen LogP contribution in [0, 0.1) is 0 Å². The summed E-state index contributed by atoms with van der Waals surface area (Å²) in [5.74, 6) is -0.262. The quantitative estimate of drug-likeness (QED) is 0.580. The maximum atomic E-state index is 12.8. The number of aromatic hydroxyl groups is 1. The van der Waals surface area contributed by atoms with Crippen LogP contribution in [-0.2, 0) is 9.53 Å². The lowest BCUT2D eigenvalue weighted by Gasteiger charge is -2.29. The van der Waals surface area contributed by atoms with Gasteiger partial charge in [-0.1, -0.05) is 25.0 Å². The number of benzene rings is 1. The fourth-order valence-corrected chi connectivity index (χ4v) is 3.46. The first-order chi connectivity index (χ1) is 12.0. The van der Waals surface area contributed by atoms with E-state index in [1.165, 1.54) is 25.0 Å². The standard InChI is InChI=1S/C19H24N2O4/c1-12-16(18(23)25-15-6-4-2-3-5-7-15)17(21-19(24)20-12)13-8-10-14(22)11-9-13/h8-11,15,17,22H,2-7H2,1H3,(H2,20,21,24)/t17-/m0/s1. The van der Waals surface area contributed by atoms with Gasteiger partial charge >= 0.3 is 12.0 Å². The molecule has 1 saturated carbocycles. The van der Waals surface area contributed by atoms with Crippen molar-refractivity contribution in [2.24, 2.45) is 0 Å². The predicted molar refractivity (Wildman–Crippen MR) is 92.8 cm³/mol. The maximum Gasteiger partial charge on any atom is 0.338 e. The first-order valence-electron chi connectivity index (χ1n) is 8.83. The van der Waals surface area contributed by atoms with E-state index in [-0.39, 0.29) is 17.9 Å². The number of carbonyl (C=O) groups is 2. The normalized spacial score (nSPS) is 22.0. The zero-order valence-electron chi connectivity index (χ0n) is 14.4. The third-order valence-electron chi connectivity index (χ3n) is 4.79. The van der Waals surface area contributed by atoms with Crippen LogP contribution in [0.25, 0.3) is 0 Å². The van der Waals surface area contributed by atoms with Crippen LogP contribution in [0.5, 0.6) is 5.75 Å². The van der Waals surface area contributed by atoms with Crippen molar-refractivity contribution in [2.75, 3.05) is 0 Å². The molecule has 0 saturated heterocycles. The van der Waals surface area contributed by atoms with E-state index in [0.717, 1.165) is 31.2 Å². The number of allylic oxidation sites excluding steroid dienone is 1. The number of hydrogen-bond acceptors (Lipinski definition) is 4. The summed E-state index contributed by atoms with van der Waals surface area (Å²) in [6, 6.07) is 5.50. The summed E-state index contributed by atoms with van der Waals surface area (Å²) in [4.78, 5) is 24.7. The molecular weight excluding hydrogens is 320 g/mol. The minimum atomic E-state index is -0.590. The number of hydrogen-bond donors (Lipinski definition) is 3. The number of amides is 2. The predicted octanol–water partition coefficient (Wildman–Crippen LogP) is 3.29. The molecule has 1 aliphatic heterocycles. The molecule has 3 rings (SSSR count). The van der Waals surface area contributed by atoms with Crippen molar-refractivity contribution in [2.45, 2.75) is 57.6 Å². The number of nitrogens with one attached hydrogen (secondary N) is 2. The monoisotopic (exact) mass is 344 g/mol. The molecule has 2 amide bonds. The average molecular weight is 344 g/mol. The third-order valence-corrected chi connectivity index (χ3v) is 4.79. The second-order valence-electron chi connectivity index (χ2n) is 6.68. The van der Waals surface area contributed by atoms with E-state index in [4.69, 9.17) is 4.74 Å². The Morgan fingerprint density at radius 3 is 2.40 bits per heavy atom. The Bertz CT molecular complexity index is 673. The number of urea groups is 1. The van der Waals surface area contributed by atoms with Crippen LogP contribution < -0.4 is 10.6 Å². The molecule has 6 heteroatoms. The molecule has 1 heterocycles.